The Labute approximate surface area is 151 Å². The number of benzene rings is 1. The van der Waals surface area contributed by atoms with Crippen LogP contribution in [0.5, 0.6) is 5.75 Å². The zero-order chi connectivity index (χ0) is 18.8. The van der Waals surface area contributed by atoms with E-state index >= 15 is 0 Å². The van der Waals surface area contributed by atoms with Gasteiger partial charge in [0.05, 0.1) is 18.9 Å². The molecule has 2 aliphatic rings. The van der Waals surface area contributed by atoms with Gasteiger partial charge in [0.25, 0.3) is 0 Å². The summed E-state index contributed by atoms with van der Waals surface area (Å²) in [6.07, 6.45) is 3.24. The molecule has 2 fully saturated rings. The van der Waals surface area contributed by atoms with Gasteiger partial charge < -0.3 is 9.47 Å². The monoisotopic (exact) mass is 363 g/mol. The van der Waals surface area contributed by atoms with Crippen LogP contribution in [0.2, 0.25) is 0 Å². The lowest BCUT2D eigenvalue weighted by atomic mass is 9.81. The highest BCUT2D eigenvalue weighted by Crippen LogP contribution is 2.38. The molecule has 6 nitrogen and oxygen atoms in total. The zero-order valence-corrected chi connectivity index (χ0v) is 14.9. The molecule has 140 valence electrons. The molecule has 1 saturated heterocycles. The average molecular weight is 363 g/mol. The van der Waals surface area contributed by atoms with E-state index in [2.05, 4.69) is 0 Å². The second-order valence-electron chi connectivity index (χ2n) is 6.80. The minimum atomic E-state index is -0.983. The first-order valence-electron chi connectivity index (χ1n) is 8.80. The van der Waals surface area contributed by atoms with Crippen LogP contribution < -0.4 is 4.74 Å². The van der Waals surface area contributed by atoms with E-state index in [1.807, 2.05) is 0 Å². The number of likely N-dealkylation sites (tertiary alicyclic amines) is 1. The number of fused-ring (bicyclic) bond motifs is 1. The Morgan fingerprint density at radius 2 is 1.85 bits per heavy atom. The number of carbonyl (C=O) groups is 3. The zero-order valence-electron chi connectivity index (χ0n) is 14.9. The normalized spacial score (nSPS) is 23.6. The Bertz CT molecular complexity index is 711. The lowest BCUT2D eigenvalue weighted by molar-refractivity contribution is -0.159. The van der Waals surface area contributed by atoms with E-state index in [9.17, 15) is 18.8 Å². The molecule has 0 aromatic heterocycles. The van der Waals surface area contributed by atoms with E-state index in [-0.39, 0.29) is 36.0 Å². The van der Waals surface area contributed by atoms with Gasteiger partial charge in [-0.1, -0.05) is 18.9 Å². The Balaban J connectivity index is 1.63. The number of halogens is 1. The lowest BCUT2D eigenvalue weighted by Gasteiger charge is -2.21. The molecule has 1 aliphatic heterocycles. The third kappa shape index (κ3) is 3.30. The predicted molar refractivity (Wildman–Crippen MR) is 89.5 cm³/mol. The van der Waals surface area contributed by atoms with Crippen molar-refractivity contribution in [1.82, 2.24) is 4.90 Å². The van der Waals surface area contributed by atoms with E-state index < -0.39 is 17.8 Å². The van der Waals surface area contributed by atoms with Gasteiger partial charge in [0.2, 0.25) is 11.8 Å². The Morgan fingerprint density at radius 1 is 1.23 bits per heavy atom. The molecule has 3 unspecified atom stereocenters. The van der Waals surface area contributed by atoms with E-state index in [1.165, 1.54) is 26.2 Å². The number of ether oxygens (including phenoxy) is 2. The summed E-state index contributed by atoms with van der Waals surface area (Å²) in [4.78, 5) is 38.4. The van der Waals surface area contributed by atoms with Crippen LogP contribution in [-0.2, 0) is 25.7 Å². The van der Waals surface area contributed by atoms with Gasteiger partial charge in [-0.3, -0.25) is 14.5 Å². The predicted octanol–water partition coefficient (Wildman–Crippen LogP) is 2.44. The lowest BCUT2D eigenvalue weighted by Crippen LogP contribution is -2.44. The highest BCUT2D eigenvalue weighted by molar-refractivity contribution is 6.07. The highest BCUT2D eigenvalue weighted by Gasteiger charge is 2.51. The summed E-state index contributed by atoms with van der Waals surface area (Å²) in [5, 5.41) is 0. The van der Waals surface area contributed by atoms with Crippen molar-refractivity contribution in [2.24, 2.45) is 11.8 Å². The van der Waals surface area contributed by atoms with E-state index in [4.69, 9.17) is 9.47 Å². The fourth-order valence-electron chi connectivity index (χ4n) is 3.75. The number of methoxy groups -OCH3 is 1. The van der Waals surface area contributed by atoms with Crippen LogP contribution >= 0.6 is 0 Å². The number of imide groups is 1. The molecule has 0 bridgehead atoms. The summed E-state index contributed by atoms with van der Waals surface area (Å²) in [7, 11) is 1.36. The molecular formula is C19H22FNO5. The molecule has 1 saturated carbocycles. The van der Waals surface area contributed by atoms with Crippen molar-refractivity contribution in [2.45, 2.75) is 45.3 Å². The number of hydrogen-bond acceptors (Lipinski definition) is 5. The fourth-order valence-corrected chi connectivity index (χ4v) is 3.75. The first-order valence-corrected chi connectivity index (χ1v) is 8.80. The number of carbonyl (C=O) groups excluding carboxylic acids is 3. The van der Waals surface area contributed by atoms with Crippen LogP contribution in [0.15, 0.2) is 18.2 Å². The van der Waals surface area contributed by atoms with Gasteiger partial charge >= 0.3 is 5.97 Å². The number of rotatable bonds is 5. The molecule has 1 aromatic rings. The molecular weight excluding hydrogens is 341 g/mol. The summed E-state index contributed by atoms with van der Waals surface area (Å²) >= 11 is 0. The van der Waals surface area contributed by atoms with Crippen molar-refractivity contribution in [3.8, 4) is 5.75 Å². The Hall–Kier alpha value is -2.44. The second-order valence-corrected chi connectivity index (χ2v) is 6.80. The van der Waals surface area contributed by atoms with Crippen LogP contribution in [-0.4, -0.2) is 35.8 Å². The topological polar surface area (TPSA) is 72.9 Å². The average Bonchev–Trinajstić information content (AvgIpc) is 2.90. The van der Waals surface area contributed by atoms with Crippen LogP contribution in [0.25, 0.3) is 0 Å². The van der Waals surface area contributed by atoms with Gasteiger partial charge in [-0.25, -0.2) is 9.18 Å². The van der Waals surface area contributed by atoms with E-state index in [0.717, 1.165) is 17.7 Å². The van der Waals surface area contributed by atoms with Gasteiger partial charge in [0, 0.05) is 0 Å². The first-order chi connectivity index (χ1) is 12.4. The van der Waals surface area contributed by atoms with Crippen molar-refractivity contribution in [3.05, 3.63) is 29.6 Å². The Morgan fingerprint density at radius 3 is 2.38 bits per heavy atom. The van der Waals surface area contributed by atoms with Crippen molar-refractivity contribution in [2.75, 3.05) is 7.11 Å². The molecule has 26 heavy (non-hydrogen) atoms. The van der Waals surface area contributed by atoms with E-state index in [1.54, 1.807) is 6.07 Å². The van der Waals surface area contributed by atoms with Crippen LogP contribution in [0.3, 0.4) is 0 Å². The van der Waals surface area contributed by atoms with Crippen LogP contribution in [0, 0.1) is 17.7 Å². The standard InChI is InChI=1S/C19H22FNO5/c1-11(21-17(22)13-5-3-4-6-14(13)18(21)23)19(24)26-10-12-7-8-16(25-2)15(20)9-12/h7-9,11,13-14H,3-6,10H2,1-2H3. The van der Waals surface area contributed by atoms with Crippen molar-refractivity contribution < 1.29 is 28.2 Å². The quantitative estimate of drug-likeness (QED) is 0.593. The van der Waals surface area contributed by atoms with Gasteiger partial charge in [0.1, 0.15) is 12.6 Å². The van der Waals surface area contributed by atoms with E-state index in [0.29, 0.717) is 18.4 Å². The number of esters is 1. The summed E-state index contributed by atoms with van der Waals surface area (Å²) in [6, 6.07) is 3.27. The third-order valence-electron chi connectivity index (χ3n) is 5.20. The minimum absolute atomic E-state index is 0.101. The number of amides is 2. The Kier molecular flexibility index (Phi) is 5.25. The molecule has 7 heteroatoms. The SMILES string of the molecule is COc1ccc(COC(=O)C(C)N2C(=O)C3CCCCC3C2=O)cc1F. The number of hydrogen-bond donors (Lipinski definition) is 0. The van der Waals surface area contributed by atoms with Gasteiger partial charge in [-0.2, -0.15) is 0 Å². The van der Waals surface area contributed by atoms with Crippen LogP contribution in [0.4, 0.5) is 4.39 Å². The first kappa shape index (κ1) is 18.4. The molecule has 1 aromatic carbocycles. The third-order valence-corrected chi connectivity index (χ3v) is 5.20. The second kappa shape index (κ2) is 7.43. The van der Waals surface area contributed by atoms with Crippen molar-refractivity contribution in [3.63, 3.8) is 0 Å². The minimum Gasteiger partial charge on any atom is -0.494 e. The number of nitrogens with zero attached hydrogens (tertiary/aromatic N) is 1. The maximum atomic E-state index is 13.7. The molecule has 0 N–H and O–H groups in total. The maximum absolute atomic E-state index is 13.7. The highest BCUT2D eigenvalue weighted by atomic mass is 19.1. The molecule has 0 radical (unpaired) electrons. The van der Waals surface area contributed by atoms with Crippen molar-refractivity contribution >= 4 is 17.8 Å². The maximum Gasteiger partial charge on any atom is 0.329 e. The van der Waals surface area contributed by atoms with Crippen molar-refractivity contribution in [1.29, 1.82) is 0 Å². The van der Waals surface area contributed by atoms with Crippen LogP contribution in [0.1, 0.15) is 38.2 Å². The summed E-state index contributed by atoms with van der Waals surface area (Å²) in [5.41, 5.74) is 0.455. The molecule has 3 atom stereocenters. The van der Waals surface area contributed by atoms with Gasteiger partial charge in [-0.15, -0.1) is 0 Å². The molecule has 1 aliphatic carbocycles. The smallest absolute Gasteiger partial charge is 0.329 e. The summed E-state index contributed by atoms with van der Waals surface area (Å²) in [5.74, 6) is -2.29. The van der Waals surface area contributed by atoms with Gasteiger partial charge in [-0.05, 0) is 37.5 Å². The largest absolute Gasteiger partial charge is 0.494 e. The molecule has 0 spiro atoms. The molecule has 3 rings (SSSR count). The summed E-state index contributed by atoms with van der Waals surface area (Å²) < 4.78 is 23.7. The van der Waals surface area contributed by atoms with Gasteiger partial charge in [0.15, 0.2) is 11.6 Å². The summed E-state index contributed by atoms with van der Waals surface area (Å²) in [6.45, 7) is 1.34. The fraction of sp³-hybridized carbons (Fsp3) is 0.526. The molecule has 2 amide bonds. The molecule has 1 heterocycles.